The molecule has 0 spiro atoms. The van der Waals surface area contributed by atoms with Crippen LogP contribution in [0.15, 0.2) is 43.0 Å². The standard InChI is InChI=1S/C32H44N8O3Si/c1-22-8-7-9-39(18-22)20-30(41)36-27-14-28(23(2)33-17-27)37-32(42)25-12-24-13-29(26-16-35-38(3)19-26)40(31(24)34-15-25)21-43-10-11-44(4,5)6/h12-17,19,22H,7-11,18,20-21H2,1-6H3,(H,36,41)(H,37,42)/t22-/m0/s1. The monoisotopic (exact) mass is 616 g/mol. The van der Waals surface area contributed by atoms with Gasteiger partial charge < -0.3 is 19.9 Å². The first-order chi connectivity index (χ1) is 20.9. The summed E-state index contributed by atoms with van der Waals surface area (Å²) in [6.45, 7) is 14.3. The molecule has 0 aliphatic carbocycles. The van der Waals surface area contributed by atoms with Crippen LogP contribution in [0, 0.1) is 12.8 Å². The van der Waals surface area contributed by atoms with Gasteiger partial charge in [0.25, 0.3) is 5.91 Å². The van der Waals surface area contributed by atoms with E-state index in [0.717, 1.165) is 47.8 Å². The van der Waals surface area contributed by atoms with Gasteiger partial charge in [0.2, 0.25) is 5.91 Å². The number of fused-ring (bicyclic) bond motifs is 1. The highest BCUT2D eigenvalue weighted by Crippen LogP contribution is 2.28. The Kier molecular flexibility index (Phi) is 9.61. The van der Waals surface area contributed by atoms with E-state index in [-0.39, 0.29) is 11.8 Å². The van der Waals surface area contributed by atoms with E-state index in [1.165, 1.54) is 6.42 Å². The van der Waals surface area contributed by atoms with Gasteiger partial charge in [0.1, 0.15) is 12.4 Å². The number of aryl methyl sites for hydroxylation is 2. The summed E-state index contributed by atoms with van der Waals surface area (Å²) in [5.74, 6) is 0.203. The number of carbonyl (C=O) groups is 2. The van der Waals surface area contributed by atoms with Crippen molar-refractivity contribution >= 4 is 42.3 Å². The number of ether oxygens (including phenoxy) is 1. The number of likely N-dealkylation sites (tertiary alicyclic amines) is 1. The molecular weight excluding hydrogens is 572 g/mol. The molecule has 234 valence electrons. The third-order valence-electron chi connectivity index (χ3n) is 7.94. The van der Waals surface area contributed by atoms with E-state index in [4.69, 9.17) is 9.72 Å². The largest absolute Gasteiger partial charge is 0.361 e. The third kappa shape index (κ3) is 7.99. The van der Waals surface area contributed by atoms with Crippen LogP contribution in [0.1, 0.15) is 35.8 Å². The molecule has 12 heteroatoms. The Morgan fingerprint density at radius 3 is 2.64 bits per heavy atom. The molecule has 1 atom stereocenters. The van der Waals surface area contributed by atoms with Gasteiger partial charge in [-0.05, 0) is 56.5 Å². The number of pyridine rings is 2. The van der Waals surface area contributed by atoms with Crippen molar-refractivity contribution in [3.05, 3.63) is 54.2 Å². The smallest absolute Gasteiger partial charge is 0.257 e. The van der Waals surface area contributed by atoms with Crippen molar-refractivity contribution in [3.63, 3.8) is 0 Å². The molecule has 1 aliphatic rings. The van der Waals surface area contributed by atoms with Gasteiger partial charge in [-0.2, -0.15) is 5.10 Å². The number of anilines is 2. The molecule has 0 radical (unpaired) electrons. The Bertz CT molecular complexity index is 1640. The van der Waals surface area contributed by atoms with Crippen LogP contribution in [0.5, 0.6) is 0 Å². The number of hydrogen-bond acceptors (Lipinski definition) is 7. The highest BCUT2D eigenvalue weighted by molar-refractivity contribution is 6.76. The molecule has 4 aromatic rings. The van der Waals surface area contributed by atoms with E-state index >= 15 is 0 Å². The second-order valence-corrected chi connectivity index (χ2v) is 18.8. The number of hydrogen-bond donors (Lipinski definition) is 2. The second kappa shape index (κ2) is 13.4. The first-order valence-corrected chi connectivity index (χ1v) is 19.0. The lowest BCUT2D eigenvalue weighted by atomic mass is 10.0. The Morgan fingerprint density at radius 2 is 1.91 bits per heavy atom. The maximum Gasteiger partial charge on any atom is 0.257 e. The summed E-state index contributed by atoms with van der Waals surface area (Å²) in [5.41, 5.74) is 4.75. The van der Waals surface area contributed by atoms with E-state index in [0.29, 0.717) is 48.4 Å². The fourth-order valence-corrected chi connectivity index (χ4v) is 6.24. The molecule has 0 bridgehead atoms. The topological polar surface area (TPSA) is 119 Å². The van der Waals surface area contributed by atoms with Gasteiger partial charge in [0.15, 0.2) is 0 Å². The molecule has 4 aromatic heterocycles. The fourth-order valence-electron chi connectivity index (χ4n) is 5.48. The van der Waals surface area contributed by atoms with Crippen LogP contribution in [0.3, 0.4) is 0 Å². The molecule has 2 amide bonds. The van der Waals surface area contributed by atoms with Gasteiger partial charge in [-0.15, -0.1) is 0 Å². The zero-order valence-electron chi connectivity index (χ0n) is 26.7. The minimum atomic E-state index is -1.22. The first-order valence-electron chi connectivity index (χ1n) is 15.3. The van der Waals surface area contributed by atoms with Crippen molar-refractivity contribution < 1.29 is 14.3 Å². The normalized spacial score (nSPS) is 15.9. The summed E-state index contributed by atoms with van der Waals surface area (Å²) >= 11 is 0. The van der Waals surface area contributed by atoms with Crippen molar-refractivity contribution in [1.29, 1.82) is 0 Å². The lowest BCUT2D eigenvalue weighted by molar-refractivity contribution is -0.117. The van der Waals surface area contributed by atoms with Crippen molar-refractivity contribution in [2.24, 2.45) is 13.0 Å². The second-order valence-electron chi connectivity index (χ2n) is 13.2. The van der Waals surface area contributed by atoms with Crippen LogP contribution in [-0.2, 0) is 23.3 Å². The molecule has 44 heavy (non-hydrogen) atoms. The zero-order valence-corrected chi connectivity index (χ0v) is 27.7. The predicted molar refractivity (Wildman–Crippen MR) is 176 cm³/mol. The number of nitrogens with one attached hydrogen (secondary N) is 2. The van der Waals surface area contributed by atoms with Crippen LogP contribution < -0.4 is 10.6 Å². The molecule has 5 heterocycles. The molecule has 11 nitrogen and oxygen atoms in total. The lowest BCUT2D eigenvalue weighted by Gasteiger charge is -2.30. The molecule has 1 fully saturated rings. The maximum absolute atomic E-state index is 13.4. The number of nitrogens with zero attached hydrogens (tertiary/aromatic N) is 6. The molecule has 2 N–H and O–H groups in total. The first kappa shape index (κ1) is 31.5. The minimum Gasteiger partial charge on any atom is -0.361 e. The zero-order chi connectivity index (χ0) is 31.4. The van der Waals surface area contributed by atoms with Crippen LogP contribution in [0.4, 0.5) is 11.4 Å². The average molecular weight is 617 g/mol. The molecule has 0 unspecified atom stereocenters. The average Bonchev–Trinajstić information content (AvgIpc) is 3.55. The van der Waals surface area contributed by atoms with Gasteiger partial charge in [-0.1, -0.05) is 26.6 Å². The Labute approximate surface area is 260 Å². The predicted octanol–water partition coefficient (Wildman–Crippen LogP) is 5.38. The Balaban J connectivity index is 1.31. The number of rotatable bonds is 11. The van der Waals surface area contributed by atoms with Crippen molar-refractivity contribution in [2.75, 3.05) is 36.9 Å². The maximum atomic E-state index is 13.4. The highest BCUT2D eigenvalue weighted by Gasteiger charge is 2.20. The van der Waals surface area contributed by atoms with Gasteiger partial charge >= 0.3 is 0 Å². The summed E-state index contributed by atoms with van der Waals surface area (Å²) in [6, 6.07) is 6.68. The van der Waals surface area contributed by atoms with E-state index in [2.05, 4.69) is 52.2 Å². The van der Waals surface area contributed by atoms with Crippen LogP contribution in [0.2, 0.25) is 25.7 Å². The van der Waals surface area contributed by atoms with Crippen LogP contribution in [-0.4, -0.2) is 75.3 Å². The fraction of sp³-hybridized carbons (Fsp3) is 0.469. The van der Waals surface area contributed by atoms with Gasteiger partial charge in [0, 0.05) is 51.6 Å². The van der Waals surface area contributed by atoms with E-state index in [9.17, 15) is 9.59 Å². The minimum absolute atomic E-state index is 0.0879. The van der Waals surface area contributed by atoms with Crippen LogP contribution >= 0.6 is 0 Å². The Morgan fingerprint density at radius 1 is 1.09 bits per heavy atom. The molecule has 1 saturated heterocycles. The quantitative estimate of drug-likeness (QED) is 0.172. The third-order valence-corrected chi connectivity index (χ3v) is 9.64. The summed E-state index contributed by atoms with van der Waals surface area (Å²) in [7, 11) is 0.661. The number of aromatic nitrogens is 5. The lowest BCUT2D eigenvalue weighted by Crippen LogP contribution is -2.39. The summed E-state index contributed by atoms with van der Waals surface area (Å²) in [6.07, 6.45) is 9.28. The summed E-state index contributed by atoms with van der Waals surface area (Å²) in [5, 5.41) is 11.1. The van der Waals surface area contributed by atoms with Crippen LogP contribution in [0.25, 0.3) is 22.3 Å². The Hall–Kier alpha value is -3.87. The van der Waals surface area contributed by atoms with Gasteiger partial charge in [0.05, 0.1) is 47.3 Å². The summed E-state index contributed by atoms with van der Waals surface area (Å²) < 4.78 is 9.89. The summed E-state index contributed by atoms with van der Waals surface area (Å²) in [4.78, 5) is 37.4. The van der Waals surface area contributed by atoms with E-state index in [1.54, 1.807) is 23.1 Å². The number of piperidine rings is 1. The van der Waals surface area contributed by atoms with Crippen molar-refractivity contribution in [2.45, 2.75) is 59.1 Å². The van der Waals surface area contributed by atoms with Crippen molar-refractivity contribution in [1.82, 2.24) is 29.2 Å². The molecule has 5 rings (SSSR count). The number of amides is 2. The number of carbonyl (C=O) groups excluding carboxylic acids is 2. The van der Waals surface area contributed by atoms with Crippen molar-refractivity contribution in [3.8, 4) is 11.3 Å². The molecule has 1 aliphatic heterocycles. The van der Waals surface area contributed by atoms with Gasteiger partial charge in [-0.3, -0.25) is 24.2 Å². The SMILES string of the molecule is Cc1ncc(NC(=O)CN2CCC[C@H](C)C2)cc1NC(=O)c1cnc2c(c1)cc(-c1cnn(C)c1)n2COCC[Si](C)(C)C. The molecule has 0 saturated carbocycles. The molecular formula is C32H44N8O3Si. The van der Waals surface area contributed by atoms with E-state index < -0.39 is 8.07 Å². The van der Waals surface area contributed by atoms with E-state index in [1.807, 2.05) is 43.1 Å². The highest BCUT2D eigenvalue weighted by atomic mass is 28.3. The molecule has 0 aromatic carbocycles. The van der Waals surface area contributed by atoms with Gasteiger partial charge in [-0.25, -0.2) is 4.98 Å².